The van der Waals surface area contributed by atoms with Crippen molar-refractivity contribution in [2.24, 2.45) is 5.92 Å². The minimum Gasteiger partial charge on any atom is -0.463 e. The second-order valence-electron chi connectivity index (χ2n) is 7.07. The summed E-state index contributed by atoms with van der Waals surface area (Å²) in [5.74, 6) is 1.84. The summed E-state index contributed by atoms with van der Waals surface area (Å²) >= 11 is 0. The Morgan fingerprint density at radius 2 is 2.23 bits per heavy atom. The van der Waals surface area contributed by atoms with E-state index in [1.807, 2.05) is 24.0 Å². The van der Waals surface area contributed by atoms with Crippen LogP contribution in [0.15, 0.2) is 41.3 Å². The molecule has 3 aromatic heterocycles. The zero-order chi connectivity index (χ0) is 17.7. The van der Waals surface area contributed by atoms with E-state index in [-0.39, 0.29) is 5.91 Å². The molecule has 1 aliphatic carbocycles. The number of hydrogen-bond acceptors (Lipinski definition) is 5. The molecule has 2 atom stereocenters. The van der Waals surface area contributed by atoms with Gasteiger partial charge in [0.1, 0.15) is 5.69 Å². The Balaban J connectivity index is 1.47. The number of likely N-dealkylation sites (tertiary alicyclic amines) is 1. The summed E-state index contributed by atoms with van der Waals surface area (Å²) in [4.78, 5) is 23.8. The van der Waals surface area contributed by atoms with Gasteiger partial charge in [-0.3, -0.25) is 4.79 Å². The summed E-state index contributed by atoms with van der Waals surface area (Å²) < 4.78 is 7.02. The van der Waals surface area contributed by atoms with Gasteiger partial charge in [-0.2, -0.15) is 5.10 Å². The summed E-state index contributed by atoms with van der Waals surface area (Å²) in [5.41, 5.74) is 2.07. The van der Waals surface area contributed by atoms with E-state index >= 15 is 0 Å². The highest BCUT2D eigenvalue weighted by Gasteiger charge is 2.41. The molecule has 3 aromatic rings. The first-order valence-corrected chi connectivity index (χ1v) is 8.93. The molecule has 2 fully saturated rings. The summed E-state index contributed by atoms with van der Waals surface area (Å²) in [5, 5.41) is 4.38. The molecule has 7 heteroatoms. The van der Waals surface area contributed by atoms with E-state index in [1.54, 1.807) is 29.4 Å². The van der Waals surface area contributed by atoms with E-state index < -0.39 is 0 Å². The molecule has 1 amide bonds. The first-order chi connectivity index (χ1) is 12.7. The van der Waals surface area contributed by atoms with Crippen LogP contribution in [0, 0.1) is 12.8 Å². The number of rotatable bonds is 3. The average molecular weight is 349 g/mol. The maximum absolute atomic E-state index is 13.0. The maximum Gasteiger partial charge on any atom is 0.257 e. The Morgan fingerprint density at radius 1 is 1.31 bits per heavy atom. The number of fused-ring (bicyclic) bond motifs is 2. The van der Waals surface area contributed by atoms with Crippen LogP contribution < -0.4 is 0 Å². The van der Waals surface area contributed by atoms with Crippen molar-refractivity contribution in [3.63, 3.8) is 0 Å². The van der Waals surface area contributed by atoms with Crippen molar-refractivity contribution in [3.8, 4) is 17.4 Å². The first-order valence-electron chi connectivity index (χ1n) is 8.93. The van der Waals surface area contributed by atoms with Crippen molar-refractivity contribution < 1.29 is 9.21 Å². The summed E-state index contributed by atoms with van der Waals surface area (Å²) in [6.07, 6.45) is 8.43. The lowest BCUT2D eigenvalue weighted by molar-refractivity contribution is 0.0703. The standard InChI is InChI=1S/C19H19N5O2/c1-12-15(18(25)23-11-13-4-5-14(23)9-13)10-21-24(12)19-20-7-6-16(22-19)17-3-2-8-26-17/h2-3,6-8,10,13-14H,4-5,9,11H2,1H3/t13-,14-/m1/s1. The lowest BCUT2D eigenvalue weighted by atomic mass is 10.1. The predicted octanol–water partition coefficient (Wildman–Crippen LogP) is 2.86. The Bertz CT molecular complexity index is 962. The van der Waals surface area contributed by atoms with E-state index in [0.717, 1.165) is 25.1 Å². The normalized spacial score (nSPS) is 21.5. The molecule has 7 nitrogen and oxygen atoms in total. The number of carbonyl (C=O) groups is 1. The van der Waals surface area contributed by atoms with Crippen molar-refractivity contribution in [1.82, 2.24) is 24.6 Å². The molecule has 0 spiro atoms. The lowest BCUT2D eigenvalue weighted by Crippen LogP contribution is -2.37. The van der Waals surface area contributed by atoms with Gasteiger partial charge in [0.05, 0.1) is 23.7 Å². The number of piperidine rings is 1. The number of carbonyl (C=O) groups excluding carboxylic acids is 1. The van der Waals surface area contributed by atoms with Gasteiger partial charge in [0.25, 0.3) is 11.9 Å². The number of hydrogen-bond donors (Lipinski definition) is 0. The third kappa shape index (κ3) is 2.34. The lowest BCUT2D eigenvalue weighted by Gasteiger charge is -2.26. The number of furan rings is 1. The monoisotopic (exact) mass is 349 g/mol. The van der Waals surface area contributed by atoms with Crippen molar-refractivity contribution >= 4 is 5.91 Å². The SMILES string of the molecule is Cc1c(C(=O)N2C[C@@H]3CC[C@@H]2C3)cnn1-c1nccc(-c2ccco2)n1. The number of amides is 1. The van der Waals surface area contributed by atoms with Crippen LogP contribution in [-0.2, 0) is 0 Å². The van der Waals surface area contributed by atoms with Crippen LogP contribution in [0.25, 0.3) is 17.4 Å². The molecular weight excluding hydrogens is 330 g/mol. The molecule has 2 aliphatic rings. The third-order valence-corrected chi connectivity index (χ3v) is 5.52. The summed E-state index contributed by atoms with van der Waals surface area (Å²) in [6, 6.07) is 5.85. The van der Waals surface area contributed by atoms with E-state index in [1.165, 1.54) is 6.42 Å². The van der Waals surface area contributed by atoms with E-state index in [9.17, 15) is 4.79 Å². The Hall–Kier alpha value is -2.96. The molecule has 1 aliphatic heterocycles. The Kier molecular flexibility index (Phi) is 3.41. The smallest absolute Gasteiger partial charge is 0.257 e. The predicted molar refractivity (Wildman–Crippen MR) is 93.8 cm³/mol. The van der Waals surface area contributed by atoms with Crippen molar-refractivity contribution in [2.75, 3.05) is 6.54 Å². The summed E-state index contributed by atoms with van der Waals surface area (Å²) in [7, 11) is 0. The maximum atomic E-state index is 13.0. The van der Waals surface area contributed by atoms with Crippen LogP contribution >= 0.6 is 0 Å². The molecule has 0 unspecified atom stereocenters. The van der Waals surface area contributed by atoms with Gasteiger partial charge in [-0.05, 0) is 50.3 Å². The zero-order valence-electron chi connectivity index (χ0n) is 14.5. The molecule has 1 saturated carbocycles. The molecule has 132 valence electrons. The fourth-order valence-corrected chi connectivity index (χ4v) is 4.16. The van der Waals surface area contributed by atoms with Crippen LogP contribution in [0.2, 0.25) is 0 Å². The highest BCUT2D eigenvalue weighted by Crippen LogP contribution is 2.38. The molecule has 4 heterocycles. The third-order valence-electron chi connectivity index (χ3n) is 5.52. The molecule has 0 radical (unpaired) electrons. The van der Waals surface area contributed by atoms with E-state index in [0.29, 0.717) is 34.9 Å². The largest absolute Gasteiger partial charge is 0.463 e. The minimum atomic E-state index is 0.0724. The molecule has 0 aromatic carbocycles. The fourth-order valence-electron chi connectivity index (χ4n) is 4.16. The van der Waals surface area contributed by atoms with Crippen LogP contribution in [0.1, 0.15) is 35.3 Å². The fraction of sp³-hybridized carbons (Fsp3) is 0.368. The van der Waals surface area contributed by atoms with Gasteiger partial charge in [0.15, 0.2) is 5.76 Å². The molecule has 0 N–H and O–H groups in total. The topological polar surface area (TPSA) is 77.0 Å². The van der Waals surface area contributed by atoms with Gasteiger partial charge in [-0.1, -0.05) is 0 Å². The van der Waals surface area contributed by atoms with Crippen molar-refractivity contribution in [2.45, 2.75) is 32.2 Å². The molecular formula is C19H19N5O2. The van der Waals surface area contributed by atoms with Gasteiger partial charge in [0, 0.05) is 18.8 Å². The average Bonchev–Trinajstić information content (AvgIpc) is 3.45. The molecule has 1 saturated heterocycles. The number of nitrogens with zero attached hydrogens (tertiary/aromatic N) is 5. The Labute approximate surface area is 150 Å². The van der Waals surface area contributed by atoms with Gasteiger partial charge in [-0.15, -0.1) is 0 Å². The van der Waals surface area contributed by atoms with Gasteiger partial charge < -0.3 is 9.32 Å². The quantitative estimate of drug-likeness (QED) is 0.727. The highest BCUT2D eigenvalue weighted by atomic mass is 16.3. The molecule has 5 rings (SSSR count). The first kappa shape index (κ1) is 15.3. The Morgan fingerprint density at radius 3 is 2.96 bits per heavy atom. The second-order valence-corrected chi connectivity index (χ2v) is 7.07. The van der Waals surface area contributed by atoms with Gasteiger partial charge in [0.2, 0.25) is 0 Å². The van der Waals surface area contributed by atoms with Crippen LogP contribution in [0.4, 0.5) is 0 Å². The zero-order valence-corrected chi connectivity index (χ0v) is 14.5. The summed E-state index contributed by atoms with van der Waals surface area (Å²) in [6.45, 7) is 2.76. The molecule has 26 heavy (non-hydrogen) atoms. The minimum absolute atomic E-state index is 0.0724. The molecule has 2 bridgehead atoms. The highest BCUT2D eigenvalue weighted by molar-refractivity contribution is 5.95. The number of aromatic nitrogens is 4. The van der Waals surface area contributed by atoms with Crippen molar-refractivity contribution in [3.05, 3.63) is 48.1 Å². The van der Waals surface area contributed by atoms with Crippen LogP contribution in [-0.4, -0.2) is 43.1 Å². The van der Waals surface area contributed by atoms with E-state index in [2.05, 4.69) is 15.1 Å². The second kappa shape index (κ2) is 5.79. The van der Waals surface area contributed by atoms with E-state index in [4.69, 9.17) is 4.42 Å². The van der Waals surface area contributed by atoms with Crippen LogP contribution in [0.5, 0.6) is 0 Å². The van der Waals surface area contributed by atoms with Crippen molar-refractivity contribution in [1.29, 1.82) is 0 Å². The van der Waals surface area contributed by atoms with Gasteiger partial charge >= 0.3 is 0 Å². The van der Waals surface area contributed by atoms with Gasteiger partial charge in [-0.25, -0.2) is 14.6 Å². The van der Waals surface area contributed by atoms with Crippen LogP contribution in [0.3, 0.4) is 0 Å².